The molecule has 1 N–H and O–H groups in total. The zero-order valence-electron chi connectivity index (χ0n) is 12.2. The molecular formula is C14H25N3O2. The lowest BCUT2D eigenvalue weighted by atomic mass is 10.1. The Kier molecular flexibility index (Phi) is 4.45. The highest BCUT2D eigenvalue weighted by molar-refractivity contribution is 5.83. The van der Waals surface area contributed by atoms with E-state index in [-0.39, 0.29) is 23.9 Å². The molecule has 2 saturated heterocycles. The summed E-state index contributed by atoms with van der Waals surface area (Å²) in [4.78, 5) is 27.6. The van der Waals surface area contributed by atoms with Crippen LogP contribution in [0.2, 0.25) is 0 Å². The van der Waals surface area contributed by atoms with Gasteiger partial charge in [-0.25, -0.2) is 0 Å². The molecule has 0 saturated carbocycles. The molecule has 0 aromatic heterocycles. The van der Waals surface area contributed by atoms with Crippen LogP contribution in [0, 0.1) is 0 Å². The molecule has 2 amide bonds. The minimum atomic E-state index is -0.0129. The lowest BCUT2D eigenvalue weighted by molar-refractivity contribution is -0.142. The van der Waals surface area contributed by atoms with E-state index in [0.717, 1.165) is 19.3 Å². The maximum atomic E-state index is 12.4. The van der Waals surface area contributed by atoms with Gasteiger partial charge in [0.15, 0.2) is 0 Å². The van der Waals surface area contributed by atoms with Crippen molar-refractivity contribution in [1.82, 2.24) is 15.1 Å². The van der Waals surface area contributed by atoms with Gasteiger partial charge >= 0.3 is 0 Å². The summed E-state index contributed by atoms with van der Waals surface area (Å²) in [6.45, 7) is 7.74. The molecule has 2 heterocycles. The summed E-state index contributed by atoms with van der Waals surface area (Å²) >= 11 is 0. The van der Waals surface area contributed by atoms with E-state index in [1.165, 1.54) is 0 Å². The van der Waals surface area contributed by atoms with Crippen molar-refractivity contribution in [3.05, 3.63) is 0 Å². The Hall–Kier alpha value is -1.10. The van der Waals surface area contributed by atoms with Crippen LogP contribution in [0.4, 0.5) is 0 Å². The molecule has 0 spiro atoms. The van der Waals surface area contributed by atoms with Crippen molar-refractivity contribution in [2.45, 2.75) is 58.2 Å². The van der Waals surface area contributed by atoms with Gasteiger partial charge in [-0.15, -0.1) is 0 Å². The van der Waals surface area contributed by atoms with Crippen molar-refractivity contribution in [2.24, 2.45) is 0 Å². The number of carbonyl (C=O) groups excluding carboxylic acids is 2. The highest BCUT2D eigenvalue weighted by Gasteiger charge is 2.34. The van der Waals surface area contributed by atoms with Crippen molar-refractivity contribution in [1.29, 1.82) is 0 Å². The Morgan fingerprint density at radius 2 is 2.00 bits per heavy atom. The third-order valence-electron chi connectivity index (χ3n) is 4.38. The quantitative estimate of drug-likeness (QED) is 0.797. The molecule has 2 fully saturated rings. The van der Waals surface area contributed by atoms with E-state index >= 15 is 0 Å². The highest BCUT2D eigenvalue weighted by atomic mass is 16.2. The Labute approximate surface area is 115 Å². The normalized spacial score (nSPS) is 31.6. The largest absolute Gasteiger partial charge is 0.338 e. The first-order valence-corrected chi connectivity index (χ1v) is 7.35. The van der Waals surface area contributed by atoms with Crippen LogP contribution in [0.1, 0.15) is 40.0 Å². The average Bonchev–Trinajstić information content (AvgIpc) is 2.86. The monoisotopic (exact) mass is 267 g/mol. The molecule has 0 aromatic carbocycles. The molecule has 0 unspecified atom stereocenters. The van der Waals surface area contributed by atoms with E-state index in [2.05, 4.69) is 12.2 Å². The number of nitrogens with one attached hydrogen (secondary N) is 1. The van der Waals surface area contributed by atoms with Crippen LogP contribution in [0.25, 0.3) is 0 Å². The first-order chi connectivity index (χ1) is 9.02. The molecule has 2 rings (SSSR count). The Balaban J connectivity index is 1.90. The van der Waals surface area contributed by atoms with Gasteiger partial charge < -0.3 is 15.1 Å². The summed E-state index contributed by atoms with van der Waals surface area (Å²) in [5.41, 5.74) is 0. The van der Waals surface area contributed by atoms with Gasteiger partial charge in [0.2, 0.25) is 11.8 Å². The number of nitrogens with zero attached hydrogens (tertiary/aromatic N) is 2. The molecular weight excluding hydrogens is 242 g/mol. The Bertz CT molecular complexity index is 359. The average molecular weight is 267 g/mol. The zero-order valence-corrected chi connectivity index (χ0v) is 12.2. The number of piperazine rings is 1. The van der Waals surface area contributed by atoms with Crippen molar-refractivity contribution in [3.8, 4) is 0 Å². The third-order valence-corrected chi connectivity index (χ3v) is 4.38. The fourth-order valence-corrected chi connectivity index (χ4v) is 3.18. The summed E-state index contributed by atoms with van der Waals surface area (Å²) in [5, 5.41) is 3.41. The van der Waals surface area contributed by atoms with Gasteiger partial charge in [0.1, 0.15) is 0 Å². The second-order valence-electron chi connectivity index (χ2n) is 5.75. The molecule has 2 aliphatic rings. The van der Waals surface area contributed by atoms with Crippen LogP contribution < -0.4 is 5.32 Å². The van der Waals surface area contributed by atoms with Crippen molar-refractivity contribution in [2.75, 3.05) is 19.6 Å². The molecule has 5 heteroatoms. The molecule has 0 aliphatic carbocycles. The third kappa shape index (κ3) is 3.08. The summed E-state index contributed by atoms with van der Waals surface area (Å²) in [5.74, 6) is 0.315. The SMILES string of the molecule is CC[C@@H]1CC[C@H](C(=O)N2CCN(C(C)=O)[C@H](C)C2)N1. The van der Waals surface area contributed by atoms with Crippen LogP contribution >= 0.6 is 0 Å². The molecule has 0 aromatic rings. The first kappa shape index (κ1) is 14.3. The fraction of sp³-hybridized carbons (Fsp3) is 0.857. The number of carbonyl (C=O) groups is 2. The minimum absolute atomic E-state index is 0.0129. The van der Waals surface area contributed by atoms with Gasteiger partial charge in [-0.05, 0) is 26.2 Å². The second kappa shape index (κ2) is 5.90. The smallest absolute Gasteiger partial charge is 0.239 e. The molecule has 2 aliphatic heterocycles. The van der Waals surface area contributed by atoms with Crippen LogP contribution in [0.5, 0.6) is 0 Å². The predicted molar refractivity (Wildman–Crippen MR) is 73.7 cm³/mol. The van der Waals surface area contributed by atoms with E-state index in [4.69, 9.17) is 0 Å². The maximum Gasteiger partial charge on any atom is 0.239 e. The Morgan fingerprint density at radius 3 is 2.53 bits per heavy atom. The summed E-state index contributed by atoms with van der Waals surface area (Å²) in [6, 6.07) is 0.601. The van der Waals surface area contributed by atoms with E-state index < -0.39 is 0 Å². The lowest BCUT2D eigenvalue weighted by Gasteiger charge is -2.40. The van der Waals surface area contributed by atoms with Crippen molar-refractivity contribution < 1.29 is 9.59 Å². The van der Waals surface area contributed by atoms with Gasteiger partial charge in [0, 0.05) is 38.6 Å². The van der Waals surface area contributed by atoms with Crippen LogP contribution in [-0.4, -0.2) is 59.4 Å². The lowest BCUT2D eigenvalue weighted by Crippen LogP contribution is -2.57. The Morgan fingerprint density at radius 1 is 1.26 bits per heavy atom. The predicted octanol–water partition coefficient (Wildman–Crippen LogP) is 0.596. The molecule has 0 radical (unpaired) electrons. The van der Waals surface area contributed by atoms with E-state index in [1.807, 2.05) is 16.7 Å². The van der Waals surface area contributed by atoms with Gasteiger partial charge in [-0.2, -0.15) is 0 Å². The topological polar surface area (TPSA) is 52.7 Å². The summed E-state index contributed by atoms with van der Waals surface area (Å²) < 4.78 is 0. The number of amides is 2. The van der Waals surface area contributed by atoms with Crippen molar-refractivity contribution in [3.63, 3.8) is 0 Å². The number of rotatable bonds is 2. The van der Waals surface area contributed by atoms with Crippen LogP contribution in [-0.2, 0) is 9.59 Å². The first-order valence-electron chi connectivity index (χ1n) is 7.35. The van der Waals surface area contributed by atoms with Gasteiger partial charge in [0.05, 0.1) is 6.04 Å². The van der Waals surface area contributed by atoms with Crippen LogP contribution in [0.3, 0.4) is 0 Å². The molecule has 19 heavy (non-hydrogen) atoms. The van der Waals surface area contributed by atoms with E-state index in [1.54, 1.807) is 6.92 Å². The minimum Gasteiger partial charge on any atom is -0.338 e. The maximum absolute atomic E-state index is 12.4. The van der Waals surface area contributed by atoms with Crippen molar-refractivity contribution >= 4 is 11.8 Å². The summed E-state index contributed by atoms with van der Waals surface area (Å²) in [6.07, 6.45) is 3.12. The molecule has 108 valence electrons. The van der Waals surface area contributed by atoms with Gasteiger partial charge in [-0.3, -0.25) is 9.59 Å². The van der Waals surface area contributed by atoms with Crippen LogP contribution in [0.15, 0.2) is 0 Å². The number of hydrogen-bond donors (Lipinski definition) is 1. The van der Waals surface area contributed by atoms with Gasteiger partial charge in [0.25, 0.3) is 0 Å². The van der Waals surface area contributed by atoms with Gasteiger partial charge in [-0.1, -0.05) is 6.92 Å². The molecule has 0 bridgehead atoms. The zero-order chi connectivity index (χ0) is 14.0. The fourth-order valence-electron chi connectivity index (χ4n) is 3.18. The number of hydrogen-bond acceptors (Lipinski definition) is 3. The molecule has 5 nitrogen and oxygen atoms in total. The highest BCUT2D eigenvalue weighted by Crippen LogP contribution is 2.18. The van der Waals surface area contributed by atoms with E-state index in [0.29, 0.717) is 25.7 Å². The summed E-state index contributed by atoms with van der Waals surface area (Å²) in [7, 11) is 0. The van der Waals surface area contributed by atoms with E-state index in [9.17, 15) is 9.59 Å². The second-order valence-corrected chi connectivity index (χ2v) is 5.75. The molecule has 3 atom stereocenters. The standard InChI is InChI=1S/C14H25N3O2/c1-4-12-5-6-13(15-12)14(19)16-7-8-17(11(3)18)10(2)9-16/h10,12-13,15H,4-9H2,1-3H3/t10-,12-,13-/m1/s1.